The smallest absolute Gasteiger partial charge is 0.410 e. The van der Waals surface area contributed by atoms with Crippen LogP contribution in [0, 0.1) is 12.7 Å². The molecule has 4 aliphatic heterocycles. The molecule has 0 radical (unpaired) electrons. The van der Waals surface area contributed by atoms with Crippen molar-refractivity contribution in [2.75, 3.05) is 176 Å². The second-order valence-electron chi connectivity index (χ2n) is 32.4. The number of aromatic nitrogens is 13. The Morgan fingerprint density at radius 1 is 0.550 bits per heavy atom. The van der Waals surface area contributed by atoms with Crippen molar-refractivity contribution in [3.05, 3.63) is 170 Å². The molecule has 17 rings (SSSR count). The zero-order valence-electron chi connectivity index (χ0n) is 73.2. The van der Waals surface area contributed by atoms with Gasteiger partial charge in [-0.15, -0.1) is 37.2 Å². The molecule has 41 heteroatoms. The Kier molecular flexibility index (Phi) is 34.1. The molecule has 4 saturated heterocycles. The summed E-state index contributed by atoms with van der Waals surface area (Å²) in [5.74, 6) is 2.30. The Hall–Kier alpha value is -13.1. The number of pyridine rings is 5. The highest BCUT2D eigenvalue weighted by molar-refractivity contribution is 5.93. The maximum absolute atomic E-state index is 13.5. The number of aliphatic hydroxyl groups excluding tert-OH is 1. The van der Waals surface area contributed by atoms with E-state index in [1.54, 1.807) is 72.1 Å². The minimum absolute atomic E-state index is 0. The van der Waals surface area contributed by atoms with E-state index < -0.39 is 17.4 Å². The van der Waals surface area contributed by atoms with Gasteiger partial charge in [-0.25, -0.2) is 63.4 Å². The van der Waals surface area contributed by atoms with Crippen molar-refractivity contribution < 1.29 is 33.4 Å². The number of carbonyl (C=O) groups excluding carboxylic acids is 4. The number of nitrogens with two attached hydrogens (primary N) is 1. The largest absolute Gasteiger partial charge is 0.444 e. The Morgan fingerprint density at radius 2 is 1.04 bits per heavy atom. The number of likely N-dealkylation sites (N-methyl/N-ethyl adjacent to an activating group) is 1. The lowest BCUT2D eigenvalue weighted by Gasteiger charge is -2.37. The van der Waals surface area contributed by atoms with Gasteiger partial charge in [-0.2, -0.15) is 19.9 Å². The van der Waals surface area contributed by atoms with Crippen LogP contribution in [-0.4, -0.2) is 251 Å². The number of urea groups is 3. The Labute approximate surface area is 765 Å². The van der Waals surface area contributed by atoms with Crippen LogP contribution < -0.4 is 78.5 Å². The van der Waals surface area contributed by atoms with Crippen molar-refractivity contribution in [3.63, 3.8) is 0 Å². The fraction of sp³-hybridized carbons (Fsp3) is 0.375. The number of halogens is 4. The lowest BCUT2D eigenvalue weighted by atomic mass is 9.96. The maximum atomic E-state index is 13.5. The molecule has 12 aromatic rings. The Balaban J connectivity index is 0.000000166. The number of ether oxygens (including phenoxy) is 1. The number of hydrogen-bond donors (Lipinski definition) is 12. The number of nitrogens with zero attached hydrogens (tertiary/aromatic N) is 20. The second-order valence-corrected chi connectivity index (χ2v) is 32.4. The number of hydrogen-bond acceptors (Lipinski definition) is 30. The summed E-state index contributed by atoms with van der Waals surface area (Å²) in [5.41, 5.74) is 14.7. The maximum Gasteiger partial charge on any atom is 0.410 e. The molecular formula is C88H111Cl3FN31O6. The number of aliphatic hydroxyl groups is 1. The van der Waals surface area contributed by atoms with E-state index in [1.165, 1.54) is 42.9 Å². The highest BCUT2D eigenvalue weighted by atomic mass is 35.5. The first-order valence-electron chi connectivity index (χ1n) is 42.3. The molecule has 0 bridgehead atoms. The number of carbonyl (C=O) groups is 4. The molecule has 37 nitrogen and oxygen atoms in total. The molecule has 3 aromatic carbocycles. The number of nitrogen functional groups attached to an aromatic ring is 1. The van der Waals surface area contributed by atoms with Gasteiger partial charge in [-0.3, -0.25) is 20.5 Å². The summed E-state index contributed by atoms with van der Waals surface area (Å²) in [6, 6.07) is 38.9. The van der Waals surface area contributed by atoms with E-state index in [-0.39, 0.29) is 80.4 Å². The van der Waals surface area contributed by atoms with E-state index in [2.05, 4.69) is 183 Å². The first-order valence-corrected chi connectivity index (χ1v) is 42.3. The molecule has 2 atom stereocenters. The predicted molar refractivity (Wildman–Crippen MR) is 512 cm³/mol. The number of benzene rings is 3. The molecule has 0 unspecified atom stereocenters. The summed E-state index contributed by atoms with van der Waals surface area (Å²) in [7, 11) is 3.81. The van der Waals surface area contributed by atoms with E-state index in [1.807, 2.05) is 99.3 Å². The number of rotatable bonds is 17. The van der Waals surface area contributed by atoms with Crippen LogP contribution in [0.3, 0.4) is 0 Å². The Bertz CT molecular complexity index is 5710. The van der Waals surface area contributed by atoms with Gasteiger partial charge in [-0.05, 0) is 188 Å². The van der Waals surface area contributed by atoms with Gasteiger partial charge in [0.1, 0.15) is 23.1 Å². The van der Waals surface area contributed by atoms with Crippen molar-refractivity contribution in [1.82, 2.24) is 101 Å². The average molecular weight is 1820 g/mol. The summed E-state index contributed by atoms with van der Waals surface area (Å²) in [6.07, 6.45) is 15.4. The van der Waals surface area contributed by atoms with Gasteiger partial charge in [0.05, 0.1) is 6.61 Å². The number of amides is 7. The summed E-state index contributed by atoms with van der Waals surface area (Å²) < 4.78 is 19.0. The molecule has 5 aliphatic rings. The molecular weight excluding hydrogens is 1710 g/mol. The van der Waals surface area contributed by atoms with Gasteiger partial charge in [0.25, 0.3) is 0 Å². The lowest BCUT2D eigenvalue weighted by Crippen LogP contribution is -2.54. The molecule has 9 aromatic heterocycles. The van der Waals surface area contributed by atoms with E-state index >= 15 is 0 Å². The van der Waals surface area contributed by atoms with Gasteiger partial charge in [0, 0.05) is 222 Å². The minimum atomic E-state index is -0.593. The van der Waals surface area contributed by atoms with E-state index in [9.17, 15) is 23.6 Å². The van der Waals surface area contributed by atoms with Gasteiger partial charge >= 0.3 is 24.2 Å². The number of fused-ring (bicyclic) bond motifs is 4. The van der Waals surface area contributed by atoms with Gasteiger partial charge in [0.15, 0.2) is 34.2 Å². The highest BCUT2D eigenvalue weighted by Crippen LogP contribution is 2.30. The normalized spacial score (nSPS) is 15.8. The monoisotopic (exact) mass is 1820 g/mol. The van der Waals surface area contributed by atoms with Crippen LogP contribution in [0.2, 0.25) is 0 Å². The Morgan fingerprint density at radius 3 is 1.60 bits per heavy atom. The third kappa shape index (κ3) is 27.2. The van der Waals surface area contributed by atoms with Crippen molar-refractivity contribution in [2.45, 2.75) is 97.4 Å². The molecule has 13 N–H and O–H groups in total. The van der Waals surface area contributed by atoms with Crippen LogP contribution in [0.25, 0.3) is 44.1 Å². The second kappa shape index (κ2) is 45.5. The number of piperazine rings is 4. The van der Waals surface area contributed by atoms with Crippen LogP contribution in [0.5, 0.6) is 0 Å². The molecule has 0 spiro atoms. The summed E-state index contributed by atoms with van der Waals surface area (Å²) in [6.45, 7) is 23.8. The van der Waals surface area contributed by atoms with E-state index in [0.29, 0.717) is 107 Å². The molecule has 682 valence electrons. The van der Waals surface area contributed by atoms with Crippen LogP contribution in [0.1, 0.15) is 72.3 Å². The van der Waals surface area contributed by atoms with Crippen molar-refractivity contribution in [3.8, 4) is 0 Å². The first kappa shape index (κ1) is 96.5. The summed E-state index contributed by atoms with van der Waals surface area (Å²) >= 11 is 0. The third-order valence-corrected chi connectivity index (χ3v) is 21.4. The van der Waals surface area contributed by atoms with Gasteiger partial charge in [0.2, 0.25) is 23.8 Å². The topological polar surface area (TPSA) is 434 Å². The molecule has 7 amide bonds. The van der Waals surface area contributed by atoms with Gasteiger partial charge < -0.3 is 87.5 Å². The fourth-order valence-corrected chi connectivity index (χ4v) is 14.8. The SMILES string of the molecule is CC(C)(C)OC(=O)N1CCN(c2ccc(Nc3ncc4cc(F)c(N)nc4n3)cc2)CC1.CN1CCN(C(=O)Nc2ccc3cnc(Nc4ccc(N5CCNCC5)cc4)nc3n2)CC1.C[C@@H]1CN(c2ccc(Nc3ncc4ccc(N(C)C(=O)NC5CCCCC5)nc4n3)cc2)C[C@H](C)N1.Cc1cc(NC(=O)NCCO)nc2nc(Nc3ccncc3)ncc12.Cl.Cl.Cl. The van der Waals surface area contributed by atoms with Gasteiger partial charge in [-0.1, -0.05) is 19.3 Å². The van der Waals surface area contributed by atoms with Crippen LogP contribution >= 0.6 is 37.2 Å². The first-order chi connectivity index (χ1) is 60.9. The number of nitrogens with one attached hydrogen (secondary N) is 10. The summed E-state index contributed by atoms with van der Waals surface area (Å²) in [5, 5.41) is 42.5. The van der Waals surface area contributed by atoms with Crippen LogP contribution in [0.15, 0.2) is 159 Å². The van der Waals surface area contributed by atoms with Crippen LogP contribution in [0.4, 0.5) is 110 Å². The van der Waals surface area contributed by atoms with E-state index in [0.717, 1.165) is 128 Å². The molecule has 5 fully saturated rings. The number of aryl methyl sites for hydroxylation is 1. The predicted octanol–water partition coefficient (Wildman–Crippen LogP) is 12.8. The molecule has 13 heterocycles. The summed E-state index contributed by atoms with van der Waals surface area (Å²) in [4.78, 5) is 120. The van der Waals surface area contributed by atoms with Crippen molar-refractivity contribution in [1.29, 1.82) is 0 Å². The van der Waals surface area contributed by atoms with Crippen LogP contribution in [-0.2, 0) is 4.74 Å². The van der Waals surface area contributed by atoms with Crippen molar-refractivity contribution in [2.24, 2.45) is 0 Å². The minimum Gasteiger partial charge on any atom is -0.444 e. The quantitative estimate of drug-likeness (QED) is 0.0403. The van der Waals surface area contributed by atoms with Crippen molar-refractivity contribution >= 4 is 192 Å². The van der Waals surface area contributed by atoms with E-state index in [4.69, 9.17) is 15.6 Å². The molecule has 1 saturated carbocycles. The average Bonchev–Trinajstić information content (AvgIpc) is 0.784. The standard InChI is InChI=1S/C27H36N8O.C23H29N9O.C22H26FN7O2.C16H17N7O2.3ClH/c1-18-16-35(17-19(2)29-18)23-12-10-22(11-13-23)30-26-28-15-20-9-14-24(32-25(20)33-26)34(3)27(36)31-21-7-5-4-6-8-21;1-30-12-14-32(15-13-30)23(33)28-20-7-2-17-16-25-22(29-21(17)27-20)26-18-3-5-19(6-4-18)31-10-8-24-9-11-31;1-22(2,3)32-21(31)30-10-8-29(9-11-30)16-6-4-15(5-7-16)26-20-25-13-14-12-17(23)18(24)27-19(14)28-20;1-10-8-13(22-16(25)18-6-7-24)21-14-12(10)9-19-15(23-14)20-11-2-4-17-5-3-11;;;/h9-15,18-19,21,29H,4-8,16-17H2,1-3H3,(H,31,36)(H,28,30,32,33);2-7,16,24H,8-15H2,1H3,(H2,25,26,27,28,29,33);4-7,12-13H,8-11H2,1-3H3,(H3,24,25,26,27,28);2-5,8-9,24H,6-7H2,1H3,(H3,17,18,19,20,21,22,23,25);3*1H/t18-,19+;;;;;;. The third-order valence-electron chi connectivity index (χ3n) is 21.4. The molecule has 129 heavy (non-hydrogen) atoms. The molecule has 1 aliphatic carbocycles. The zero-order valence-corrected chi connectivity index (χ0v) is 75.7. The zero-order chi connectivity index (χ0) is 88.2. The highest BCUT2D eigenvalue weighted by Gasteiger charge is 2.28. The number of anilines is 15. The lowest BCUT2D eigenvalue weighted by molar-refractivity contribution is 0.0240. The fourth-order valence-electron chi connectivity index (χ4n) is 14.8.